The molecule has 2 aromatic rings. The number of halogens is 2. The molecule has 5 heteroatoms. The maximum atomic E-state index is 12.0. The lowest BCUT2D eigenvalue weighted by Gasteiger charge is -2.07. The average Bonchev–Trinajstić information content (AvgIpc) is 2.32. The van der Waals surface area contributed by atoms with Gasteiger partial charge in [-0.2, -0.15) is 0 Å². The normalized spacial score (nSPS) is 10.2. The van der Waals surface area contributed by atoms with Crippen LogP contribution in [0.2, 0.25) is 5.02 Å². The van der Waals surface area contributed by atoms with E-state index in [4.69, 9.17) is 11.6 Å². The Kier molecular flexibility index (Phi) is 4.19. The lowest BCUT2D eigenvalue weighted by Crippen LogP contribution is -2.12. The third-order valence-corrected chi connectivity index (χ3v) is 3.32. The summed E-state index contributed by atoms with van der Waals surface area (Å²) < 4.78 is 1.02. The summed E-state index contributed by atoms with van der Waals surface area (Å²) in [7, 11) is 0. The van der Waals surface area contributed by atoms with E-state index in [0.717, 1.165) is 9.26 Å². The van der Waals surface area contributed by atoms with E-state index in [-0.39, 0.29) is 5.91 Å². The first kappa shape index (κ1) is 13.3. The van der Waals surface area contributed by atoms with Gasteiger partial charge in [-0.25, -0.2) is 0 Å². The van der Waals surface area contributed by atoms with Gasteiger partial charge in [-0.15, -0.1) is 0 Å². The number of carbonyl (C=O) groups is 1. The molecule has 1 heterocycles. The molecule has 92 valence electrons. The predicted molar refractivity (Wildman–Crippen MR) is 81.1 cm³/mol. The molecule has 1 aromatic carbocycles. The zero-order valence-electron chi connectivity index (χ0n) is 9.58. The van der Waals surface area contributed by atoms with E-state index in [0.29, 0.717) is 16.3 Å². The molecule has 3 nitrogen and oxygen atoms in total. The minimum absolute atomic E-state index is 0.191. The molecule has 1 N–H and O–H groups in total. The molecule has 0 saturated heterocycles. The van der Waals surface area contributed by atoms with Gasteiger partial charge in [0.2, 0.25) is 0 Å². The highest BCUT2D eigenvalue weighted by atomic mass is 127. The number of nitrogens with zero attached hydrogens (tertiary/aromatic N) is 1. The van der Waals surface area contributed by atoms with Crippen LogP contribution < -0.4 is 5.32 Å². The summed E-state index contributed by atoms with van der Waals surface area (Å²) in [5.74, 6) is -0.191. The Hall–Kier alpha value is -1.14. The molecule has 1 aromatic heterocycles. The molecule has 0 bridgehead atoms. The lowest BCUT2D eigenvalue weighted by molar-refractivity contribution is 0.102. The van der Waals surface area contributed by atoms with Gasteiger partial charge in [0, 0.05) is 21.0 Å². The number of amides is 1. The molecule has 0 aliphatic heterocycles. The molecule has 0 saturated carbocycles. The number of pyridine rings is 1. The van der Waals surface area contributed by atoms with Crippen molar-refractivity contribution < 1.29 is 4.79 Å². The van der Waals surface area contributed by atoms with Crippen LogP contribution in [0.15, 0.2) is 36.5 Å². The van der Waals surface area contributed by atoms with Crippen LogP contribution in [0.1, 0.15) is 16.1 Å². The van der Waals surface area contributed by atoms with Crippen LogP contribution in [0.25, 0.3) is 0 Å². The predicted octanol–water partition coefficient (Wildman–Crippen LogP) is 3.90. The van der Waals surface area contributed by atoms with Gasteiger partial charge in [-0.3, -0.25) is 9.78 Å². The van der Waals surface area contributed by atoms with Crippen LogP contribution in [-0.2, 0) is 0 Å². The van der Waals surface area contributed by atoms with E-state index < -0.39 is 0 Å². The first-order valence-corrected chi connectivity index (χ1v) is 6.71. The fourth-order valence-corrected chi connectivity index (χ4v) is 2.38. The average molecular weight is 373 g/mol. The van der Waals surface area contributed by atoms with Gasteiger partial charge in [0.1, 0.15) is 0 Å². The maximum absolute atomic E-state index is 12.0. The standard InChI is InChI=1S/C13H10ClIN2O/c1-8-6-9(4-5-16-8)13(18)17-12-3-2-10(15)7-11(12)14/h2-7H,1H3,(H,17,18). The molecule has 0 unspecified atom stereocenters. The minimum Gasteiger partial charge on any atom is -0.321 e. The Balaban J connectivity index is 2.21. The highest BCUT2D eigenvalue weighted by molar-refractivity contribution is 14.1. The number of aryl methyl sites for hydroxylation is 1. The van der Waals surface area contributed by atoms with E-state index in [1.807, 2.05) is 13.0 Å². The van der Waals surface area contributed by atoms with Crippen LogP contribution in [0.4, 0.5) is 5.69 Å². The Morgan fingerprint density at radius 2 is 2.11 bits per heavy atom. The molecule has 0 fully saturated rings. The Morgan fingerprint density at radius 3 is 2.78 bits per heavy atom. The molecule has 0 aliphatic carbocycles. The number of anilines is 1. The minimum atomic E-state index is -0.191. The van der Waals surface area contributed by atoms with Gasteiger partial charge in [-0.1, -0.05) is 11.6 Å². The van der Waals surface area contributed by atoms with E-state index in [9.17, 15) is 4.79 Å². The molecule has 18 heavy (non-hydrogen) atoms. The van der Waals surface area contributed by atoms with Crippen LogP contribution in [0.5, 0.6) is 0 Å². The summed E-state index contributed by atoms with van der Waals surface area (Å²) >= 11 is 8.23. The Bertz CT molecular complexity index is 601. The number of carbonyl (C=O) groups excluding carboxylic acids is 1. The molecule has 0 spiro atoms. The summed E-state index contributed by atoms with van der Waals surface area (Å²) in [5.41, 5.74) is 1.98. The molecular formula is C13H10ClIN2O. The van der Waals surface area contributed by atoms with E-state index in [1.54, 1.807) is 30.5 Å². The summed E-state index contributed by atoms with van der Waals surface area (Å²) in [6, 6.07) is 8.88. The highest BCUT2D eigenvalue weighted by Gasteiger charge is 2.08. The van der Waals surface area contributed by atoms with Gasteiger partial charge in [-0.05, 0) is 59.8 Å². The Morgan fingerprint density at radius 1 is 1.33 bits per heavy atom. The second kappa shape index (κ2) is 5.67. The fraction of sp³-hybridized carbons (Fsp3) is 0.0769. The van der Waals surface area contributed by atoms with Crippen LogP contribution >= 0.6 is 34.2 Å². The van der Waals surface area contributed by atoms with E-state index in [1.165, 1.54) is 0 Å². The number of aromatic nitrogens is 1. The number of rotatable bonds is 2. The van der Waals surface area contributed by atoms with Crippen molar-refractivity contribution in [3.8, 4) is 0 Å². The van der Waals surface area contributed by atoms with E-state index >= 15 is 0 Å². The molecule has 0 aliphatic rings. The number of hydrogen-bond donors (Lipinski definition) is 1. The van der Waals surface area contributed by atoms with Crippen molar-refractivity contribution in [2.45, 2.75) is 6.92 Å². The molecule has 2 rings (SSSR count). The Labute approximate surface area is 124 Å². The first-order valence-electron chi connectivity index (χ1n) is 5.25. The van der Waals surface area contributed by atoms with Crippen molar-refractivity contribution in [2.75, 3.05) is 5.32 Å². The second-order valence-electron chi connectivity index (χ2n) is 3.76. The van der Waals surface area contributed by atoms with Crippen molar-refractivity contribution in [2.24, 2.45) is 0 Å². The molecular weight excluding hydrogens is 363 g/mol. The topological polar surface area (TPSA) is 42.0 Å². The van der Waals surface area contributed by atoms with Gasteiger partial charge in [0.25, 0.3) is 5.91 Å². The largest absolute Gasteiger partial charge is 0.321 e. The van der Waals surface area contributed by atoms with Crippen LogP contribution in [-0.4, -0.2) is 10.9 Å². The summed E-state index contributed by atoms with van der Waals surface area (Å²) in [6.07, 6.45) is 1.61. The summed E-state index contributed by atoms with van der Waals surface area (Å²) in [6.45, 7) is 1.84. The third kappa shape index (κ3) is 3.20. The highest BCUT2D eigenvalue weighted by Crippen LogP contribution is 2.24. The molecule has 1 amide bonds. The van der Waals surface area contributed by atoms with Gasteiger partial charge >= 0.3 is 0 Å². The van der Waals surface area contributed by atoms with Gasteiger partial charge in [0.05, 0.1) is 10.7 Å². The fourth-order valence-electron chi connectivity index (χ4n) is 1.47. The third-order valence-electron chi connectivity index (χ3n) is 2.34. The van der Waals surface area contributed by atoms with Crippen LogP contribution in [0, 0.1) is 10.5 Å². The maximum Gasteiger partial charge on any atom is 0.255 e. The van der Waals surface area contributed by atoms with Crippen molar-refractivity contribution in [3.05, 3.63) is 56.4 Å². The van der Waals surface area contributed by atoms with E-state index in [2.05, 4.69) is 32.9 Å². The van der Waals surface area contributed by atoms with Crippen LogP contribution in [0.3, 0.4) is 0 Å². The monoisotopic (exact) mass is 372 g/mol. The molecule has 0 atom stereocenters. The lowest BCUT2D eigenvalue weighted by atomic mass is 10.2. The quantitative estimate of drug-likeness (QED) is 0.813. The van der Waals surface area contributed by atoms with Gasteiger partial charge in [0.15, 0.2) is 0 Å². The second-order valence-corrected chi connectivity index (χ2v) is 5.42. The smallest absolute Gasteiger partial charge is 0.255 e. The summed E-state index contributed by atoms with van der Waals surface area (Å²) in [4.78, 5) is 16.1. The number of hydrogen-bond acceptors (Lipinski definition) is 2. The number of benzene rings is 1. The zero-order valence-corrected chi connectivity index (χ0v) is 12.5. The number of nitrogens with one attached hydrogen (secondary N) is 1. The van der Waals surface area contributed by atoms with Crippen molar-refractivity contribution in [1.82, 2.24) is 4.98 Å². The first-order chi connectivity index (χ1) is 8.56. The molecule has 0 radical (unpaired) electrons. The van der Waals surface area contributed by atoms with Gasteiger partial charge < -0.3 is 5.32 Å². The van der Waals surface area contributed by atoms with Crippen molar-refractivity contribution in [1.29, 1.82) is 0 Å². The zero-order chi connectivity index (χ0) is 13.1. The summed E-state index contributed by atoms with van der Waals surface area (Å²) in [5, 5.41) is 3.31. The van der Waals surface area contributed by atoms with Crippen molar-refractivity contribution >= 4 is 45.8 Å². The van der Waals surface area contributed by atoms with Crippen molar-refractivity contribution in [3.63, 3.8) is 0 Å². The SMILES string of the molecule is Cc1cc(C(=O)Nc2ccc(I)cc2Cl)ccn1.